The Kier molecular flexibility index (Phi) is 7.38. The maximum atomic E-state index is 12.2. The molecule has 0 aliphatic carbocycles. The molecule has 0 saturated carbocycles. The quantitative estimate of drug-likeness (QED) is 0.696. The van der Waals surface area contributed by atoms with Gasteiger partial charge in [-0.3, -0.25) is 9.69 Å². The van der Waals surface area contributed by atoms with Gasteiger partial charge in [0.05, 0.1) is 13.2 Å². The Labute approximate surface area is 116 Å². The summed E-state index contributed by atoms with van der Waals surface area (Å²) in [6, 6.07) is 7.82. The highest BCUT2D eigenvalue weighted by Crippen LogP contribution is 2.07. The zero-order chi connectivity index (χ0) is 14.1. The maximum absolute atomic E-state index is 12.2. The fraction of sp³-hybridized carbons (Fsp3) is 0.562. The van der Waals surface area contributed by atoms with Crippen LogP contribution in [0, 0.1) is 0 Å². The number of carbonyl (C=O) groups is 1. The van der Waals surface area contributed by atoms with E-state index >= 15 is 0 Å². The van der Waals surface area contributed by atoms with E-state index in [4.69, 9.17) is 5.11 Å². The van der Waals surface area contributed by atoms with Crippen LogP contribution < -0.4 is 0 Å². The van der Waals surface area contributed by atoms with Crippen molar-refractivity contribution in [1.82, 2.24) is 4.90 Å². The molecular formula is C16H25NO2. The van der Waals surface area contributed by atoms with Gasteiger partial charge >= 0.3 is 0 Å². The first-order valence-electron chi connectivity index (χ1n) is 7.16. The van der Waals surface area contributed by atoms with Crippen LogP contribution in [0.4, 0.5) is 0 Å². The van der Waals surface area contributed by atoms with E-state index in [1.807, 2.05) is 29.2 Å². The van der Waals surface area contributed by atoms with Crippen molar-refractivity contribution in [3.8, 4) is 0 Å². The fourth-order valence-electron chi connectivity index (χ4n) is 2.01. The van der Waals surface area contributed by atoms with E-state index in [0.717, 1.165) is 31.4 Å². The molecule has 0 fully saturated rings. The SMILES string of the molecule is CCCCN(CCO)CC(=O)c1ccc(CC)cc1. The molecule has 0 bridgehead atoms. The lowest BCUT2D eigenvalue weighted by molar-refractivity contribution is 0.0913. The normalized spacial score (nSPS) is 10.9. The number of ketones is 1. The summed E-state index contributed by atoms with van der Waals surface area (Å²) in [5, 5.41) is 9.03. The number of hydrogen-bond donors (Lipinski definition) is 1. The predicted octanol–water partition coefficient (Wildman–Crippen LogP) is 2.53. The number of carbonyl (C=O) groups excluding carboxylic acids is 1. The number of aliphatic hydroxyl groups is 1. The van der Waals surface area contributed by atoms with Crippen LogP contribution in [0.2, 0.25) is 0 Å². The summed E-state index contributed by atoms with van der Waals surface area (Å²) in [6.45, 7) is 6.17. The van der Waals surface area contributed by atoms with Crippen LogP contribution in [-0.4, -0.2) is 42.0 Å². The van der Waals surface area contributed by atoms with Crippen molar-refractivity contribution in [2.24, 2.45) is 0 Å². The number of unbranched alkanes of at least 4 members (excludes halogenated alkanes) is 1. The smallest absolute Gasteiger partial charge is 0.176 e. The number of aliphatic hydroxyl groups excluding tert-OH is 1. The molecule has 0 heterocycles. The lowest BCUT2D eigenvalue weighted by Crippen LogP contribution is -2.33. The first-order chi connectivity index (χ1) is 9.21. The summed E-state index contributed by atoms with van der Waals surface area (Å²) < 4.78 is 0. The third-order valence-corrected chi connectivity index (χ3v) is 3.30. The highest BCUT2D eigenvalue weighted by molar-refractivity contribution is 5.97. The van der Waals surface area contributed by atoms with Crippen molar-refractivity contribution in [2.45, 2.75) is 33.1 Å². The molecule has 0 aliphatic heterocycles. The Bertz CT molecular complexity index is 373. The fourth-order valence-corrected chi connectivity index (χ4v) is 2.01. The van der Waals surface area contributed by atoms with E-state index in [9.17, 15) is 4.79 Å². The number of rotatable bonds is 9. The second-order valence-electron chi connectivity index (χ2n) is 4.83. The molecule has 1 N–H and O–H groups in total. The summed E-state index contributed by atoms with van der Waals surface area (Å²) >= 11 is 0. The number of benzene rings is 1. The molecule has 0 aliphatic rings. The van der Waals surface area contributed by atoms with Gasteiger partial charge in [0, 0.05) is 12.1 Å². The van der Waals surface area contributed by atoms with Crippen molar-refractivity contribution in [3.05, 3.63) is 35.4 Å². The topological polar surface area (TPSA) is 40.5 Å². The third-order valence-electron chi connectivity index (χ3n) is 3.30. The van der Waals surface area contributed by atoms with Gasteiger partial charge in [0.25, 0.3) is 0 Å². The van der Waals surface area contributed by atoms with Gasteiger partial charge in [-0.05, 0) is 24.9 Å². The molecule has 0 spiro atoms. The summed E-state index contributed by atoms with van der Waals surface area (Å²) in [5.41, 5.74) is 2.01. The Morgan fingerprint density at radius 1 is 1.16 bits per heavy atom. The lowest BCUT2D eigenvalue weighted by atomic mass is 10.1. The van der Waals surface area contributed by atoms with Gasteiger partial charge in [-0.15, -0.1) is 0 Å². The van der Waals surface area contributed by atoms with Gasteiger partial charge in [0.2, 0.25) is 0 Å². The molecule has 1 rings (SSSR count). The molecule has 0 atom stereocenters. The van der Waals surface area contributed by atoms with Gasteiger partial charge in [0.1, 0.15) is 0 Å². The molecule has 0 amide bonds. The van der Waals surface area contributed by atoms with E-state index < -0.39 is 0 Å². The predicted molar refractivity (Wildman–Crippen MR) is 78.6 cm³/mol. The molecular weight excluding hydrogens is 238 g/mol. The Morgan fingerprint density at radius 2 is 1.84 bits per heavy atom. The van der Waals surface area contributed by atoms with Crippen LogP contribution in [0.5, 0.6) is 0 Å². The summed E-state index contributed by atoms with van der Waals surface area (Å²) in [5.74, 6) is 0.132. The Morgan fingerprint density at radius 3 is 2.37 bits per heavy atom. The van der Waals surface area contributed by atoms with Gasteiger partial charge in [-0.25, -0.2) is 0 Å². The van der Waals surface area contributed by atoms with E-state index in [0.29, 0.717) is 13.1 Å². The minimum absolute atomic E-state index is 0.103. The molecule has 0 radical (unpaired) electrons. The zero-order valence-electron chi connectivity index (χ0n) is 12.1. The van der Waals surface area contributed by atoms with E-state index in [1.54, 1.807) is 0 Å². The molecule has 1 aromatic rings. The van der Waals surface area contributed by atoms with Gasteiger partial charge in [0.15, 0.2) is 5.78 Å². The molecule has 19 heavy (non-hydrogen) atoms. The third kappa shape index (κ3) is 5.53. The van der Waals surface area contributed by atoms with Crippen molar-refractivity contribution in [3.63, 3.8) is 0 Å². The van der Waals surface area contributed by atoms with E-state index in [1.165, 1.54) is 5.56 Å². The summed E-state index contributed by atoms with van der Waals surface area (Å²) in [7, 11) is 0. The minimum Gasteiger partial charge on any atom is -0.395 e. The molecule has 1 aromatic carbocycles. The summed E-state index contributed by atoms with van der Waals surface area (Å²) in [4.78, 5) is 14.2. The standard InChI is InChI=1S/C16H25NO2/c1-3-5-10-17(11-12-18)13-16(19)15-8-6-14(4-2)7-9-15/h6-9,18H,3-5,10-13H2,1-2H3. The first kappa shape index (κ1) is 15.9. The maximum Gasteiger partial charge on any atom is 0.176 e. The van der Waals surface area contributed by atoms with Gasteiger partial charge in [-0.2, -0.15) is 0 Å². The second-order valence-corrected chi connectivity index (χ2v) is 4.83. The van der Waals surface area contributed by atoms with Crippen LogP contribution in [0.3, 0.4) is 0 Å². The van der Waals surface area contributed by atoms with Crippen molar-refractivity contribution < 1.29 is 9.90 Å². The molecule has 0 aromatic heterocycles. The lowest BCUT2D eigenvalue weighted by Gasteiger charge is -2.20. The molecule has 106 valence electrons. The second kappa shape index (κ2) is 8.83. The Balaban J connectivity index is 2.58. The highest BCUT2D eigenvalue weighted by atomic mass is 16.3. The average molecular weight is 263 g/mol. The monoisotopic (exact) mass is 263 g/mol. The van der Waals surface area contributed by atoms with E-state index in [-0.39, 0.29) is 12.4 Å². The Hall–Kier alpha value is -1.19. The van der Waals surface area contributed by atoms with Crippen molar-refractivity contribution in [2.75, 3.05) is 26.2 Å². The molecule has 0 unspecified atom stereocenters. The number of hydrogen-bond acceptors (Lipinski definition) is 3. The number of aryl methyl sites for hydroxylation is 1. The summed E-state index contributed by atoms with van der Waals surface area (Å²) in [6.07, 6.45) is 3.14. The first-order valence-corrected chi connectivity index (χ1v) is 7.16. The van der Waals surface area contributed by atoms with Crippen LogP contribution in [0.25, 0.3) is 0 Å². The van der Waals surface area contributed by atoms with Crippen molar-refractivity contribution in [1.29, 1.82) is 0 Å². The average Bonchev–Trinajstić information content (AvgIpc) is 2.45. The molecule has 3 heteroatoms. The van der Waals surface area contributed by atoms with E-state index in [2.05, 4.69) is 13.8 Å². The number of Topliss-reactive ketones (excluding diaryl/α,β-unsaturated/α-hetero) is 1. The molecule has 3 nitrogen and oxygen atoms in total. The minimum atomic E-state index is 0.103. The van der Waals surface area contributed by atoms with Crippen LogP contribution in [-0.2, 0) is 6.42 Å². The van der Waals surface area contributed by atoms with Crippen LogP contribution >= 0.6 is 0 Å². The van der Waals surface area contributed by atoms with Gasteiger partial charge < -0.3 is 5.11 Å². The zero-order valence-corrected chi connectivity index (χ0v) is 12.1. The number of nitrogens with zero attached hydrogens (tertiary/aromatic N) is 1. The van der Waals surface area contributed by atoms with Crippen LogP contribution in [0.15, 0.2) is 24.3 Å². The van der Waals surface area contributed by atoms with Crippen LogP contribution in [0.1, 0.15) is 42.6 Å². The largest absolute Gasteiger partial charge is 0.395 e. The highest BCUT2D eigenvalue weighted by Gasteiger charge is 2.11. The molecule has 0 saturated heterocycles. The van der Waals surface area contributed by atoms with Gasteiger partial charge in [-0.1, -0.05) is 44.5 Å². The van der Waals surface area contributed by atoms with Crippen molar-refractivity contribution >= 4 is 5.78 Å².